The molecule has 1 unspecified atom stereocenters. The summed E-state index contributed by atoms with van der Waals surface area (Å²) >= 11 is 0. The number of amides is 1. The second-order valence-corrected chi connectivity index (χ2v) is 5.59. The summed E-state index contributed by atoms with van der Waals surface area (Å²) in [7, 11) is 0. The second kappa shape index (κ2) is 7.39. The van der Waals surface area contributed by atoms with E-state index in [1.54, 1.807) is 24.3 Å². The monoisotopic (exact) mass is 330 g/mol. The van der Waals surface area contributed by atoms with Crippen molar-refractivity contribution in [3.8, 4) is 5.75 Å². The highest BCUT2D eigenvalue weighted by molar-refractivity contribution is 5.95. The third-order valence-electron chi connectivity index (χ3n) is 3.71. The molecule has 2 aromatic rings. The predicted octanol–water partition coefficient (Wildman–Crippen LogP) is 1.63. The van der Waals surface area contributed by atoms with Gasteiger partial charge in [0.15, 0.2) is 0 Å². The van der Waals surface area contributed by atoms with E-state index in [1.807, 2.05) is 13.0 Å². The first kappa shape index (κ1) is 16.4. The molecule has 1 heterocycles. The molecule has 0 radical (unpaired) electrons. The highest BCUT2D eigenvalue weighted by Gasteiger charge is 2.22. The zero-order valence-corrected chi connectivity index (χ0v) is 13.2. The smallest absolute Gasteiger partial charge is 0.244 e. The van der Waals surface area contributed by atoms with E-state index in [4.69, 9.17) is 4.74 Å². The van der Waals surface area contributed by atoms with Gasteiger partial charge in [-0.15, -0.1) is 0 Å². The van der Waals surface area contributed by atoms with Gasteiger partial charge in [0.1, 0.15) is 24.2 Å². The number of carbonyl (C=O) groups is 1. The van der Waals surface area contributed by atoms with Gasteiger partial charge in [-0.1, -0.05) is 12.1 Å². The van der Waals surface area contributed by atoms with Crippen LogP contribution >= 0.6 is 0 Å². The first-order valence-electron chi connectivity index (χ1n) is 7.64. The minimum atomic E-state index is -0.326. The molecule has 1 aliphatic heterocycles. The van der Waals surface area contributed by atoms with Crippen molar-refractivity contribution < 1.29 is 13.9 Å². The minimum absolute atomic E-state index is 0.121. The molecule has 24 heavy (non-hydrogen) atoms. The van der Waals surface area contributed by atoms with Gasteiger partial charge in [-0.3, -0.25) is 4.79 Å². The van der Waals surface area contributed by atoms with Crippen LogP contribution in [0.25, 0.3) is 0 Å². The fraction of sp³-hybridized carbons (Fsp3) is 0.235. The first-order chi connectivity index (χ1) is 11.6. The van der Waals surface area contributed by atoms with Crippen molar-refractivity contribution in [2.45, 2.75) is 19.6 Å². The standard InChI is InChI=1S/C17H19FN4O2/c1-11-7-14(24-10-12-3-2-4-13(18)8-12)5-6-15(11)20-17(23)16-9-19-22-21-16/h2-8,16,19,21-22H,9-10H2,1H3,(H,20,23). The maximum atomic E-state index is 13.1. The average molecular weight is 330 g/mol. The number of ether oxygens (including phenoxy) is 1. The zero-order valence-electron chi connectivity index (χ0n) is 13.2. The van der Waals surface area contributed by atoms with Crippen LogP contribution in [0.5, 0.6) is 5.75 Å². The van der Waals surface area contributed by atoms with Gasteiger partial charge in [0.25, 0.3) is 0 Å². The van der Waals surface area contributed by atoms with E-state index in [0.717, 1.165) is 16.8 Å². The van der Waals surface area contributed by atoms with Crippen molar-refractivity contribution >= 4 is 11.6 Å². The predicted molar refractivity (Wildman–Crippen MR) is 88.6 cm³/mol. The Bertz CT molecular complexity index is 732. The molecule has 0 bridgehead atoms. The highest BCUT2D eigenvalue weighted by Crippen LogP contribution is 2.22. The molecule has 1 fully saturated rings. The molecular weight excluding hydrogens is 311 g/mol. The lowest BCUT2D eigenvalue weighted by Gasteiger charge is -2.13. The minimum Gasteiger partial charge on any atom is -0.489 e. The maximum absolute atomic E-state index is 13.1. The number of rotatable bonds is 5. The van der Waals surface area contributed by atoms with Crippen molar-refractivity contribution in [3.05, 3.63) is 59.4 Å². The molecule has 0 aromatic heterocycles. The summed E-state index contributed by atoms with van der Waals surface area (Å²) < 4.78 is 18.8. The molecule has 1 saturated heterocycles. The Morgan fingerprint density at radius 3 is 2.92 bits per heavy atom. The first-order valence-corrected chi connectivity index (χ1v) is 7.64. The summed E-state index contributed by atoms with van der Waals surface area (Å²) in [5, 5.41) is 2.87. The summed E-state index contributed by atoms with van der Waals surface area (Å²) in [5.74, 6) is 0.260. The normalized spacial score (nSPS) is 16.8. The summed E-state index contributed by atoms with van der Waals surface area (Å²) in [5.41, 5.74) is 10.7. The van der Waals surface area contributed by atoms with E-state index in [9.17, 15) is 9.18 Å². The van der Waals surface area contributed by atoms with Gasteiger partial charge < -0.3 is 10.1 Å². The quantitative estimate of drug-likeness (QED) is 0.671. The number of benzene rings is 2. The van der Waals surface area contributed by atoms with Gasteiger partial charge in [-0.05, 0) is 48.4 Å². The van der Waals surface area contributed by atoms with Crippen LogP contribution in [0.3, 0.4) is 0 Å². The van der Waals surface area contributed by atoms with Gasteiger partial charge in [-0.2, -0.15) is 5.53 Å². The van der Waals surface area contributed by atoms with Gasteiger partial charge in [-0.25, -0.2) is 15.2 Å². The lowest BCUT2D eigenvalue weighted by Crippen LogP contribution is -2.41. The molecule has 0 saturated carbocycles. The molecule has 3 rings (SSSR count). The molecule has 4 N–H and O–H groups in total. The summed E-state index contributed by atoms with van der Waals surface area (Å²) in [6, 6.07) is 11.4. The van der Waals surface area contributed by atoms with Gasteiger partial charge in [0, 0.05) is 12.2 Å². The van der Waals surface area contributed by atoms with Crippen LogP contribution in [0.4, 0.5) is 10.1 Å². The van der Waals surface area contributed by atoms with E-state index < -0.39 is 0 Å². The number of halogens is 1. The maximum Gasteiger partial charge on any atom is 0.244 e. The van der Waals surface area contributed by atoms with E-state index in [-0.39, 0.29) is 24.4 Å². The molecule has 7 heteroatoms. The highest BCUT2D eigenvalue weighted by atomic mass is 19.1. The molecule has 126 valence electrons. The van der Waals surface area contributed by atoms with E-state index in [2.05, 4.69) is 21.7 Å². The topological polar surface area (TPSA) is 74.4 Å². The van der Waals surface area contributed by atoms with E-state index >= 15 is 0 Å². The van der Waals surface area contributed by atoms with Crippen molar-refractivity contribution in [1.82, 2.24) is 16.4 Å². The Balaban J connectivity index is 1.60. The third-order valence-corrected chi connectivity index (χ3v) is 3.71. The van der Waals surface area contributed by atoms with Crippen LogP contribution in [0.15, 0.2) is 42.5 Å². The Kier molecular flexibility index (Phi) is 5.05. The lowest BCUT2D eigenvalue weighted by molar-refractivity contribution is -0.117. The Morgan fingerprint density at radius 2 is 2.21 bits per heavy atom. The van der Waals surface area contributed by atoms with Crippen molar-refractivity contribution in [3.63, 3.8) is 0 Å². The van der Waals surface area contributed by atoms with Crippen LogP contribution in [-0.4, -0.2) is 18.5 Å². The lowest BCUT2D eigenvalue weighted by atomic mass is 10.1. The number of aryl methyl sites for hydroxylation is 1. The second-order valence-electron chi connectivity index (χ2n) is 5.59. The van der Waals surface area contributed by atoms with Crippen molar-refractivity contribution in [1.29, 1.82) is 0 Å². The molecular formula is C17H19FN4O2. The van der Waals surface area contributed by atoms with Crippen LogP contribution in [0, 0.1) is 12.7 Å². The van der Waals surface area contributed by atoms with Crippen molar-refractivity contribution in [2.24, 2.45) is 0 Å². The Hall–Kier alpha value is -2.48. The van der Waals surface area contributed by atoms with Crippen LogP contribution in [-0.2, 0) is 11.4 Å². The number of carbonyl (C=O) groups excluding carboxylic acids is 1. The molecule has 1 amide bonds. The fourth-order valence-corrected chi connectivity index (χ4v) is 2.38. The SMILES string of the molecule is Cc1cc(OCc2cccc(F)c2)ccc1NC(=O)C1CNNN1. The largest absolute Gasteiger partial charge is 0.489 e. The fourth-order valence-electron chi connectivity index (χ4n) is 2.38. The molecule has 0 aliphatic carbocycles. The van der Waals surface area contributed by atoms with E-state index in [1.165, 1.54) is 12.1 Å². The summed E-state index contributed by atoms with van der Waals surface area (Å²) in [4.78, 5) is 12.1. The van der Waals surface area contributed by atoms with E-state index in [0.29, 0.717) is 12.3 Å². The number of hydrogen-bond acceptors (Lipinski definition) is 5. The Morgan fingerprint density at radius 1 is 1.33 bits per heavy atom. The summed E-state index contributed by atoms with van der Waals surface area (Å²) in [6.07, 6.45) is 0. The van der Waals surface area contributed by atoms with Gasteiger partial charge in [0.2, 0.25) is 5.91 Å². The number of nitrogens with one attached hydrogen (secondary N) is 4. The Labute approximate surface area is 139 Å². The average Bonchev–Trinajstić information content (AvgIpc) is 3.10. The van der Waals surface area contributed by atoms with Crippen LogP contribution in [0.1, 0.15) is 11.1 Å². The van der Waals surface area contributed by atoms with Crippen molar-refractivity contribution in [2.75, 3.05) is 11.9 Å². The zero-order chi connectivity index (χ0) is 16.9. The van der Waals surface area contributed by atoms with Gasteiger partial charge >= 0.3 is 0 Å². The molecule has 0 spiro atoms. The number of hydrazine groups is 2. The van der Waals surface area contributed by atoms with Gasteiger partial charge in [0.05, 0.1) is 0 Å². The molecule has 6 nitrogen and oxygen atoms in total. The summed E-state index contributed by atoms with van der Waals surface area (Å²) in [6.45, 7) is 2.69. The van der Waals surface area contributed by atoms with Crippen LogP contribution in [0.2, 0.25) is 0 Å². The molecule has 1 aliphatic rings. The number of anilines is 1. The third kappa shape index (κ3) is 4.08. The number of hydrogen-bond donors (Lipinski definition) is 4. The molecule has 2 aromatic carbocycles. The van der Waals surface area contributed by atoms with Crippen LogP contribution < -0.4 is 26.4 Å². The molecule has 1 atom stereocenters.